The topological polar surface area (TPSA) is 83.5 Å². The Kier molecular flexibility index (Phi) is 10.1. The Morgan fingerprint density at radius 2 is 1.61 bits per heavy atom. The molecule has 0 saturated carbocycles. The van der Waals surface area contributed by atoms with E-state index in [0.29, 0.717) is 19.0 Å². The van der Waals surface area contributed by atoms with Crippen LogP contribution >= 0.6 is 0 Å². The van der Waals surface area contributed by atoms with Gasteiger partial charge in [0.25, 0.3) is 0 Å². The average Bonchev–Trinajstić information content (AvgIpc) is 2.97. The summed E-state index contributed by atoms with van der Waals surface area (Å²) in [6, 6.07) is 20.6. The van der Waals surface area contributed by atoms with Crippen molar-refractivity contribution in [2.24, 2.45) is 0 Å². The van der Waals surface area contributed by atoms with E-state index < -0.39 is 12.1 Å². The van der Waals surface area contributed by atoms with Gasteiger partial charge in [-0.1, -0.05) is 76.2 Å². The Balaban J connectivity index is 1.46. The van der Waals surface area contributed by atoms with Gasteiger partial charge < -0.3 is 28.8 Å². The first kappa shape index (κ1) is 30.6. The van der Waals surface area contributed by atoms with E-state index >= 15 is 0 Å². The third kappa shape index (κ3) is 7.88. The normalized spacial score (nSPS) is 16.0. The van der Waals surface area contributed by atoms with E-state index in [9.17, 15) is 9.90 Å². The van der Waals surface area contributed by atoms with Crippen LogP contribution < -0.4 is 9.47 Å². The van der Waals surface area contributed by atoms with Crippen LogP contribution in [0.2, 0.25) is 0 Å². The van der Waals surface area contributed by atoms with Crippen LogP contribution in [0.4, 0.5) is 0 Å². The number of carbonyl (C=O) groups excluding carboxylic acids is 1. The van der Waals surface area contributed by atoms with E-state index in [1.165, 1.54) is 11.1 Å². The van der Waals surface area contributed by atoms with Crippen LogP contribution in [0.25, 0.3) is 0 Å². The summed E-state index contributed by atoms with van der Waals surface area (Å²) in [4.78, 5) is 12.9. The van der Waals surface area contributed by atoms with Crippen molar-refractivity contribution < 1.29 is 33.6 Å². The first-order valence-corrected chi connectivity index (χ1v) is 14.1. The molecule has 1 aliphatic carbocycles. The van der Waals surface area contributed by atoms with Gasteiger partial charge in [0.2, 0.25) is 0 Å². The maximum absolute atomic E-state index is 12.9. The zero-order valence-corrected chi connectivity index (χ0v) is 24.8. The lowest BCUT2D eigenvalue weighted by Gasteiger charge is -2.42. The van der Waals surface area contributed by atoms with Crippen molar-refractivity contribution in [2.75, 3.05) is 33.7 Å². The zero-order chi connectivity index (χ0) is 29.5. The summed E-state index contributed by atoms with van der Waals surface area (Å²) in [5, 5.41) is 11.0. The maximum atomic E-state index is 12.9. The number of benzene rings is 3. The van der Waals surface area contributed by atoms with Gasteiger partial charge in [-0.3, -0.25) is 0 Å². The summed E-state index contributed by atoms with van der Waals surface area (Å²) in [5.41, 5.74) is 4.74. The van der Waals surface area contributed by atoms with E-state index in [1.54, 1.807) is 25.3 Å². The summed E-state index contributed by atoms with van der Waals surface area (Å²) in [7, 11) is 1.59. The summed E-state index contributed by atoms with van der Waals surface area (Å²) in [6.45, 7) is 9.98. The first-order chi connectivity index (χ1) is 19.6. The number of hydrogen-bond acceptors (Lipinski definition) is 7. The third-order valence-corrected chi connectivity index (χ3v) is 7.78. The van der Waals surface area contributed by atoms with Gasteiger partial charge in [0.1, 0.15) is 36.4 Å². The van der Waals surface area contributed by atoms with Crippen molar-refractivity contribution in [1.82, 2.24) is 0 Å². The number of aliphatic hydroxyl groups is 1. The SMILES string of the molecule is COCCOCOc1cc(OCC(O)c2ccc3c(c2)C(C)(C)CCC3(C)C)ccc1C(=O)OCc1ccccc1. The Morgan fingerprint density at radius 3 is 2.34 bits per heavy atom. The first-order valence-electron chi connectivity index (χ1n) is 14.1. The fraction of sp³-hybridized carbons (Fsp3) is 0.441. The van der Waals surface area contributed by atoms with Crippen LogP contribution in [0.1, 0.15) is 79.3 Å². The molecule has 3 aromatic carbocycles. The van der Waals surface area contributed by atoms with Gasteiger partial charge in [-0.05, 0) is 58.1 Å². The van der Waals surface area contributed by atoms with Crippen LogP contribution in [0, 0.1) is 0 Å². The predicted molar refractivity (Wildman–Crippen MR) is 158 cm³/mol. The van der Waals surface area contributed by atoms with Gasteiger partial charge in [0.05, 0.1) is 13.2 Å². The molecule has 7 heteroatoms. The number of carbonyl (C=O) groups is 1. The van der Waals surface area contributed by atoms with E-state index in [4.69, 9.17) is 23.7 Å². The molecule has 0 bridgehead atoms. The number of ether oxygens (including phenoxy) is 5. The molecule has 0 spiro atoms. The number of hydrogen-bond donors (Lipinski definition) is 1. The van der Waals surface area contributed by atoms with Crippen molar-refractivity contribution in [2.45, 2.75) is 64.1 Å². The van der Waals surface area contributed by atoms with E-state index in [1.807, 2.05) is 36.4 Å². The molecule has 7 nitrogen and oxygen atoms in total. The quantitative estimate of drug-likeness (QED) is 0.145. The molecule has 0 heterocycles. The highest BCUT2D eigenvalue weighted by Crippen LogP contribution is 2.46. The van der Waals surface area contributed by atoms with E-state index in [0.717, 1.165) is 24.0 Å². The lowest BCUT2D eigenvalue weighted by Crippen LogP contribution is -2.34. The molecule has 4 rings (SSSR count). The molecule has 1 unspecified atom stereocenters. The van der Waals surface area contributed by atoms with E-state index in [2.05, 4.69) is 39.8 Å². The highest BCUT2D eigenvalue weighted by Gasteiger charge is 2.37. The molecule has 3 aromatic rings. The second-order valence-electron chi connectivity index (χ2n) is 11.8. The lowest BCUT2D eigenvalue weighted by molar-refractivity contribution is -0.00935. The Hall–Kier alpha value is -3.39. The van der Waals surface area contributed by atoms with Crippen molar-refractivity contribution >= 4 is 5.97 Å². The molecule has 220 valence electrons. The standard InChI is InChI=1S/C34H42O7/c1-33(2)15-16-34(3,4)29-19-25(11-14-28(29)33)30(35)22-39-26-12-13-27(31(20-26)41-23-38-18-17-37-5)32(36)40-21-24-9-7-6-8-10-24/h6-14,19-20,30,35H,15-18,21-23H2,1-5H3. The van der Waals surface area contributed by atoms with Crippen molar-refractivity contribution in [1.29, 1.82) is 0 Å². The monoisotopic (exact) mass is 562 g/mol. The van der Waals surface area contributed by atoms with Gasteiger partial charge in [-0.2, -0.15) is 0 Å². The third-order valence-electron chi connectivity index (χ3n) is 7.78. The lowest BCUT2D eigenvalue weighted by atomic mass is 9.63. The number of aliphatic hydroxyl groups excluding tert-OH is 1. The highest BCUT2D eigenvalue weighted by atomic mass is 16.7. The molecule has 0 aromatic heterocycles. The summed E-state index contributed by atoms with van der Waals surface area (Å²) in [5.74, 6) is 0.201. The number of rotatable bonds is 13. The van der Waals surface area contributed by atoms with Gasteiger partial charge in [-0.15, -0.1) is 0 Å². The minimum atomic E-state index is -0.821. The summed E-state index contributed by atoms with van der Waals surface area (Å²) in [6.07, 6.45) is 1.41. The number of esters is 1. The molecule has 1 atom stereocenters. The van der Waals surface area contributed by atoms with Crippen molar-refractivity contribution in [3.63, 3.8) is 0 Å². The van der Waals surface area contributed by atoms with Gasteiger partial charge >= 0.3 is 5.97 Å². The summed E-state index contributed by atoms with van der Waals surface area (Å²) >= 11 is 0. The molecule has 41 heavy (non-hydrogen) atoms. The minimum Gasteiger partial charge on any atom is -0.490 e. The Labute approximate surface area is 243 Å². The molecule has 0 radical (unpaired) electrons. The Morgan fingerprint density at radius 1 is 0.878 bits per heavy atom. The molecular weight excluding hydrogens is 520 g/mol. The van der Waals surface area contributed by atoms with Gasteiger partial charge in [-0.25, -0.2) is 4.79 Å². The van der Waals surface area contributed by atoms with Crippen LogP contribution in [-0.2, 0) is 31.6 Å². The molecular formula is C34H42O7. The average molecular weight is 563 g/mol. The molecule has 1 aliphatic rings. The van der Waals surface area contributed by atoms with Crippen LogP contribution in [0.15, 0.2) is 66.7 Å². The second kappa shape index (κ2) is 13.5. The smallest absolute Gasteiger partial charge is 0.342 e. The second-order valence-corrected chi connectivity index (χ2v) is 11.8. The fourth-order valence-electron chi connectivity index (χ4n) is 5.07. The maximum Gasteiger partial charge on any atom is 0.342 e. The number of fused-ring (bicyclic) bond motifs is 1. The van der Waals surface area contributed by atoms with Crippen LogP contribution in [-0.4, -0.2) is 44.8 Å². The van der Waals surface area contributed by atoms with Gasteiger partial charge in [0.15, 0.2) is 6.79 Å². The molecule has 0 aliphatic heterocycles. The molecule has 0 amide bonds. The fourth-order valence-corrected chi connectivity index (χ4v) is 5.07. The molecule has 1 N–H and O–H groups in total. The van der Waals surface area contributed by atoms with Crippen LogP contribution in [0.5, 0.6) is 11.5 Å². The Bertz CT molecular complexity index is 1300. The van der Waals surface area contributed by atoms with Gasteiger partial charge in [0, 0.05) is 13.2 Å². The van der Waals surface area contributed by atoms with Crippen molar-refractivity contribution in [3.8, 4) is 11.5 Å². The molecule has 0 saturated heterocycles. The number of methoxy groups -OCH3 is 1. The van der Waals surface area contributed by atoms with Crippen molar-refractivity contribution in [3.05, 3.63) is 94.5 Å². The predicted octanol–water partition coefficient (Wildman–Crippen LogP) is 6.50. The minimum absolute atomic E-state index is 0.0456. The summed E-state index contributed by atoms with van der Waals surface area (Å²) < 4.78 is 27.7. The zero-order valence-electron chi connectivity index (χ0n) is 24.8. The highest BCUT2D eigenvalue weighted by molar-refractivity contribution is 5.92. The van der Waals surface area contributed by atoms with Crippen LogP contribution in [0.3, 0.4) is 0 Å². The van der Waals surface area contributed by atoms with E-state index in [-0.39, 0.29) is 42.1 Å². The molecule has 0 fully saturated rings. The largest absolute Gasteiger partial charge is 0.490 e.